The highest BCUT2D eigenvalue weighted by molar-refractivity contribution is 5.96. The maximum atomic E-state index is 12.1. The minimum Gasteiger partial charge on any atom is -0.379 e. The SMILES string of the molecule is COC1CN(c2ccc(C(=O)NC(C)C)cc2[N+](=O)[O-])CCC1C. The van der Waals surface area contributed by atoms with Gasteiger partial charge in [0.25, 0.3) is 11.6 Å². The quantitative estimate of drug-likeness (QED) is 0.660. The fraction of sp³-hybridized carbons (Fsp3) is 0.588. The zero-order valence-corrected chi connectivity index (χ0v) is 14.6. The number of carbonyl (C=O) groups is 1. The lowest BCUT2D eigenvalue weighted by atomic mass is 9.95. The van der Waals surface area contributed by atoms with Crippen LogP contribution in [0.5, 0.6) is 0 Å². The fourth-order valence-electron chi connectivity index (χ4n) is 2.98. The van der Waals surface area contributed by atoms with Crippen LogP contribution in [-0.2, 0) is 4.74 Å². The number of hydrogen-bond acceptors (Lipinski definition) is 5. The molecule has 0 aliphatic carbocycles. The molecule has 0 aromatic heterocycles. The molecule has 0 spiro atoms. The van der Waals surface area contributed by atoms with Gasteiger partial charge in [-0.05, 0) is 38.3 Å². The first-order chi connectivity index (χ1) is 11.3. The van der Waals surface area contributed by atoms with Crippen molar-refractivity contribution < 1.29 is 14.5 Å². The minimum atomic E-state index is -0.429. The number of anilines is 1. The third-order valence-corrected chi connectivity index (χ3v) is 4.39. The highest BCUT2D eigenvalue weighted by Crippen LogP contribution is 2.33. The number of benzene rings is 1. The van der Waals surface area contributed by atoms with E-state index >= 15 is 0 Å². The molecular formula is C17H25N3O4. The number of ether oxygens (including phenoxy) is 1. The first-order valence-corrected chi connectivity index (χ1v) is 8.20. The number of amides is 1. The average molecular weight is 335 g/mol. The van der Waals surface area contributed by atoms with E-state index in [1.165, 1.54) is 6.07 Å². The molecule has 24 heavy (non-hydrogen) atoms. The third-order valence-electron chi connectivity index (χ3n) is 4.39. The molecule has 0 radical (unpaired) electrons. The topological polar surface area (TPSA) is 84.7 Å². The van der Waals surface area contributed by atoms with Crippen LogP contribution in [0.15, 0.2) is 18.2 Å². The Hall–Kier alpha value is -2.15. The van der Waals surface area contributed by atoms with Gasteiger partial charge in [-0.2, -0.15) is 0 Å². The maximum absolute atomic E-state index is 12.1. The Morgan fingerprint density at radius 3 is 2.75 bits per heavy atom. The number of rotatable bonds is 5. The predicted octanol–water partition coefficient (Wildman–Crippen LogP) is 2.59. The number of nitro benzene ring substituents is 1. The van der Waals surface area contributed by atoms with E-state index in [1.54, 1.807) is 19.2 Å². The molecule has 1 N–H and O–H groups in total. The summed E-state index contributed by atoms with van der Waals surface area (Å²) in [5.41, 5.74) is 0.790. The van der Waals surface area contributed by atoms with Crippen LogP contribution < -0.4 is 10.2 Å². The third kappa shape index (κ3) is 4.03. The Bertz CT molecular complexity index is 618. The summed E-state index contributed by atoms with van der Waals surface area (Å²) in [6.45, 7) is 7.16. The van der Waals surface area contributed by atoms with Crippen molar-refractivity contribution in [3.05, 3.63) is 33.9 Å². The second kappa shape index (κ2) is 7.61. The van der Waals surface area contributed by atoms with E-state index in [-0.39, 0.29) is 23.7 Å². The summed E-state index contributed by atoms with van der Waals surface area (Å²) in [6.07, 6.45) is 0.952. The minimum absolute atomic E-state index is 0.0257. The molecular weight excluding hydrogens is 310 g/mol. The number of nitrogens with zero attached hydrogens (tertiary/aromatic N) is 2. The molecule has 2 unspecified atom stereocenters. The lowest BCUT2D eigenvalue weighted by Gasteiger charge is -2.37. The molecule has 1 saturated heterocycles. The van der Waals surface area contributed by atoms with E-state index in [4.69, 9.17) is 4.74 Å². The second-order valence-corrected chi connectivity index (χ2v) is 6.57. The molecule has 7 nitrogen and oxygen atoms in total. The van der Waals surface area contributed by atoms with Gasteiger partial charge in [-0.25, -0.2) is 0 Å². The van der Waals surface area contributed by atoms with Crippen LogP contribution in [-0.4, -0.2) is 43.2 Å². The summed E-state index contributed by atoms with van der Waals surface area (Å²) in [4.78, 5) is 25.1. The van der Waals surface area contributed by atoms with E-state index in [2.05, 4.69) is 12.2 Å². The molecule has 0 bridgehead atoms. The van der Waals surface area contributed by atoms with Crippen LogP contribution in [0.1, 0.15) is 37.6 Å². The Labute approximate surface area is 142 Å². The van der Waals surface area contributed by atoms with Gasteiger partial charge in [0.1, 0.15) is 5.69 Å². The number of nitrogens with one attached hydrogen (secondary N) is 1. The van der Waals surface area contributed by atoms with Gasteiger partial charge in [0.05, 0.1) is 11.0 Å². The zero-order valence-electron chi connectivity index (χ0n) is 14.6. The number of carbonyl (C=O) groups excluding carboxylic acids is 1. The van der Waals surface area contributed by atoms with Crippen molar-refractivity contribution in [3.63, 3.8) is 0 Å². The van der Waals surface area contributed by atoms with Crippen LogP contribution in [0.4, 0.5) is 11.4 Å². The summed E-state index contributed by atoms with van der Waals surface area (Å²) in [5.74, 6) is 0.114. The summed E-state index contributed by atoms with van der Waals surface area (Å²) >= 11 is 0. The van der Waals surface area contributed by atoms with Crippen LogP contribution in [0.25, 0.3) is 0 Å². The molecule has 1 fully saturated rings. The van der Waals surface area contributed by atoms with Gasteiger partial charge >= 0.3 is 0 Å². The molecule has 132 valence electrons. The van der Waals surface area contributed by atoms with E-state index in [0.29, 0.717) is 23.7 Å². The number of piperidine rings is 1. The molecule has 0 saturated carbocycles. The molecule has 1 heterocycles. The maximum Gasteiger partial charge on any atom is 0.293 e. The van der Waals surface area contributed by atoms with Gasteiger partial charge in [-0.1, -0.05) is 6.92 Å². The van der Waals surface area contributed by atoms with E-state index in [0.717, 1.165) is 13.0 Å². The Morgan fingerprint density at radius 2 is 2.17 bits per heavy atom. The Kier molecular flexibility index (Phi) is 5.77. The van der Waals surface area contributed by atoms with Crippen LogP contribution in [0, 0.1) is 16.0 Å². The van der Waals surface area contributed by atoms with Crippen molar-refractivity contribution in [1.29, 1.82) is 0 Å². The molecule has 1 aliphatic rings. The van der Waals surface area contributed by atoms with Gasteiger partial charge in [-0.3, -0.25) is 14.9 Å². The van der Waals surface area contributed by atoms with Crippen molar-refractivity contribution in [2.24, 2.45) is 5.92 Å². The molecule has 1 amide bonds. The normalized spacial score (nSPS) is 21.0. The zero-order chi connectivity index (χ0) is 17.9. The van der Waals surface area contributed by atoms with E-state index < -0.39 is 4.92 Å². The van der Waals surface area contributed by atoms with Crippen LogP contribution in [0.3, 0.4) is 0 Å². The van der Waals surface area contributed by atoms with Gasteiger partial charge in [0.15, 0.2) is 0 Å². The van der Waals surface area contributed by atoms with Gasteiger partial charge in [0.2, 0.25) is 0 Å². The van der Waals surface area contributed by atoms with Crippen molar-refractivity contribution in [2.45, 2.75) is 39.3 Å². The lowest BCUT2D eigenvalue weighted by molar-refractivity contribution is -0.384. The van der Waals surface area contributed by atoms with Crippen molar-refractivity contribution in [2.75, 3.05) is 25.1 Å². The van der Waals surface area contributed by atoms with Crippen LogP contribution in [0.2, 0.25) is 0 Å². The first kappa shape index (κ1) is 18.2. The summed E-state index contributed by atoms with van der Waals surface area (Å²) in [7, 11) is 1.67. The standard InChI is InChI=1S/C17H25N3O4/c1-11(2)18-17(21)13-5-6-14(15(9-13)20(22)23)19-8-7-12(3)16(10-19)24-4/h5-6,9,11-12,16H,7-8,10H2,1-4H3,(H,18,21). The molecule has 1 aromatic rings. The van der Waals surface area contributed by atoms with Crippen molar-refractivity contribution in [3.8, 4) is 0 Å². The number of hydrogen-bond donors (Lipinski definition) is 1. The molecule has 2 atom stereocenters. The smallest absolute Gasteiger partial charge is 0.293 e. The summed E-state index contributed by atoms with van der Waals surface area (Å²) in [6, 6.07) is 4.63. The highest BCUT2D eigenvalue weighted by Gasteiger charge is 2.30. The van der Waals surface area contributed by atoms with Gasteiger partial charge < -0.3 is 15.0 Å². The second-order valence-electron chi connectivity index (χ2n) is 6.57. The highest BCUT2D eigenvalue weighted by atomic mass is 16.6. The predicted molar refractivity (Wildman–Crippen MR) is 92.5 cm³/mol. The van der Waals surface area contributed by atoms with Gasteiger partial charge in [0, 0.05) is 37.9 Å². The molecule has 7 heteroatoms. The van der Waals surface area contributed by atoms with Crippen LogP contribution >= 0.6 is 0 Å². The van der Waals surface area contributed by atoms with E-state index in [9.17, 15) is 14.9 Å². The summed E-state index contributed by atoms with van der Waals surface area (Å²) < 4.78 is 5.49. The molecule has 2 rings (SSSR count). The Morgan fingerprint density at radius 1 is 1.46 bits per heavy atom. The molecule has 1 aliphatic heterocycles. The average Bonchev–Trinajstić information content (AvgIpc) is 2.54. The van der Waals surface area contributed by atoms with Gasteiger partial charge in [-0.15, -0.1) is 0 Å². The largest absolute Gasteiger partial charge is 0.379 e. The fourth-order valence-corrected chi connectivity index (χ4v) is 2.98. The monoisotopic (exact) mass is 335 g/mol. The lowest BCUT2D eigenvalue weighted by Crippen LogP contribution is -2.44. The first-order valence-electron chi connectivity index (χ1n) is 8.20. The molecule has 1 aromatic carbocycles. The number of nitro groups is 1. The van der Waals surface area contributed by atoms with Crippen molar-refractivity contribution >= 4 is 17.3 Å². The van der Waals surface area contributed by atoms with E-state index in [1.807, 2.05) is 18.7 Å². The summed E-state index contributed by atoms with van der Waals surface area (Å²) in [5, 5.41) is 14.2. The number of methoxy groups -OCH3 is 1. The Balaban J connectivity index is 2.30. The van der Waals surface area contributed by atoms with Crippen molar-refractivity contribution in [1.82, 2.24) is 5.32 Å².